The van der Waals surface area contributed by atoms with Crippen molar-refractivity contribution in [2.24, 2.45) is 34.5 Å². The van der Waals surface area contributed by atoms with Gasteiger partial charge in [-0.05, 0) is 79.4 Å². The maximum atomic E-state index is 11.9. The van der Waals surface area contributed by atoms with Gasteiger partial charge in [0.05, 0.1) is 0 Å². The van der Waals surface area contributed by atoms with Crippen LogP contribution in [-0.2, 0) is 4.79 Å². The van der Waals surface area contributed by atoms with Crippen LogP contribution in [0.5, 0.6) is 0 Å². The molecule has 0 radical (unpaired) electrons. The van der Waals surface area contributed by atoms with E-state index in [1.165, 1.54) is 32.1 Å². The minimum absolute atomic E-state index is 0.295. The van der Waals surface area contributed by atoms with Crippen LogP contribution in [0.3, 0.4) is 0 Å². The zero-order valence-corrected chi connectivity index (χ0v) is 13.9. The van der Waals surface area contributed by atoms with Gasteiger partial charge in [0.25, 0.3) is 0 Å². The fourth-order valence-electron chi connectivity index (χ4n) is 6.96. The third-order valence-electron chi connectivity index (χ3n) is 8.15. The molecule has 2 heteroatoms. The quantitative estimate of drug-likeness (QED) is 0.779. The van der Waals surface area contributed by atoms with E-state index in [-0.39, 0.29) is 0 Å². The van der Waals surface area contributed by atoms with Crippen LogP contribution >= 0.6 is 0 Å². The van der Waals surface area contributed by atoms with Crippen molar-refractivity contribution < 1.29 is 9.90 Å². The highest BCUT2D eigenvalue weighted by molar-refractivity contribution is 5.79. The molecule has 122 valence electrons. The average Bonchev–Trinajstić information content (AvgIpc) is 2.92. The number of hydrogen-bond donors (Lipinski definition) is 1. The van der Waals surface area contributed by atoms with Crippen molar-refractivity contribution >= 4 is 5.78 Å². The lowest BCUT2D eigenvalue weighted by atomic mass is 9.45. The van der Waals surface area contributed by atoms with Crippen molar-refractivity contribution in [1.82, 2.24) is 0 Å². The van der Waals surface area contributed by atoms with Gasteiger partial charge in [-0.2, -0.15) is 0 Å². The van der Waals surface area contributed by atoms with E-state index in [1.54, 1.807) is 0 Å². The molecule has 0 amide bonds. The Kier molecular flexibility index (Phi) is 3.52. The Morgan fingerprint density at radius 3 is 2.91 bits per heavy atom. The number of fused-ring (bicyclic) bond motifs is 5. The monoisotopic (exact) mass is 302 g/mol. The molecule has 6 atom stereocenters. The van der Waals surface area contributed by atoms with Gasteiger partial charge in [-0.1, -0.05) is 19.1 Å². The molecule has 0 bridgehead atoms. The smallest absolute Gasteiger partial charge is 0.133 e. The first kappa shape index (κ1) is 14.9. The number of Topliss-reactive ketones (excluding diaryl/α,β-unsaturated/α-hetero) is 1. The number of allylic oxidation sites excluding steroid dienone is 2. The first-order chi connectivity index (χ1) is 10.6. The Bertz CT molecular complexity index is 496. The van der Waals surface area contributed by atoms with Crippen molar-refractivity contribution in [2.45, 2.75) is 64.7 Å². The molecule has 0 aliphatic heterocycles. The number of hydrogen-bond acceptors (Lipinski definition) is 2. The van der Waals surface area contributed by atoms with E-state index in [1.807, 2.05) is 0 Å². The summed E-state index contributed by atoms with van der Waals surface area (Å²) in [6.07, 6.45) is 15.0. The first-order valence-corrected chi connectivity index (χ1v) is 9.39. The molecule has 4 rings (SSSR count). The Morgan fingerprint density at radius 2 is 2.09 bits per heavy atom. The van der Waals surface area contributed by atoms with Gasteiger partial charge in [-0.15, -0.1) is 0 Å². The van der Waals surface area contributed by atoms with Crippen molar-refractivity contribution in [3.8, 4) is 0 Å². The molecular weight excluding hydrogens is 272 g/mol. The summed E-state index contributed by atoms with van der Waals surface area (Å²) >= 11 is 0. The Balaban J connectivity index is 1.62. The van der Waals surface area contributed by atoms with Crippen molar-refractivity contribution in [3.63, 3.8) is 0 Å². The minimum Gasteiger partial charge on any atom is -0.396 e. The molecule has 0 aromatic rings. The summed E-state index contributed by atoms with van der Waals surface area (Å²) in [7, 11) is 0. The normalized spacial score (nSPS) is 50.4. The van der Waals surface area contributed by atoms with Gasteiger partial charge in [0.1, 0.15) is 5.78 Å². The predicted octanol–water partition coefficient (Wildman–Crippen LogP) is 4.13. The van der Waals surface area contributed by atoms with Gasteiger partial charge in [0.15, 0.2) is 0 Å². The fraction of sp³-hybridized carbons (Fsp3) is 0.850. The zero-order chi connectivity index (χ0) is 15.4. The highest BCUT2D eigenvalue weighted by atomic mass is 16.3. The molecule has 3 saturated carbocycles. The summed E-state index contributed by atoms with van der Waals surface area (Å²) < 4.78 is 0. The van der Waals surface area contributed by atoms with Crippen LogP contribution in [0.15, 0.2) is 12.2 Å². The van der Waals surface area contributed by atoms with E-state index in [0.717, 1.165) is 43.4 Å². The van der Waals surface area contributed by atoms with E-state index < -0.39 is 0 Å². The van der Waals surface area contributed by atoms with Gasteiger partial charge < -0.3 is 5.11 Å². The van der Waals surface area contributed by atoms with Crippen LogP contribution in [0.4, 0.5) is 0 Å². The summed E-state index contributed by atoms with van der Waals surface area (Å²) in [5.74, 6) is 3.55. The molecule has 0 aromatic heterocycles. The van der Waals surface area contributed by atoms with Crippen LogP contribution in [-0.4, -0.2) is 17.5 Å². The van der Waals surface area contributed by atoms with Crippen molar-refractivity contribution in [3.05, 3.63) is 12.2 Å². The highest BCUT2D eigenvalue weighted by Crippen LogP contribution is 2.65. The van der Waals surface area contributed by atoms with Gasteiger partial charge >= 0.3 is 0 Å². The lowest BCUT2D eigenvalue weighted by molar-refractivity contribution is -0.138. The molecule has 4 aliphatic carbocycles. The second-order valence-electron chi connectivity index (χ2n) is 8.78. The van der Waals surface area contributed by atoms with Crippen LogP contribution in [0.2, 0.25) is 0 Å². The summed E-state index contributed by atoms with van der Waals surface area (Å²) in [6.45, 7) is 2.83. The number of aliphatic hydroxyl groups excluding tert-OH is 1. The average molecular weight is 302 g/mol. The maximum absolute atomic E-state index is 11.9. The number of rotatable bonds is 2. The van der Waals surface area contributed by atoms with E-state index in [4.69, 9.17) is 0 Å². The standard InChI is InChI=1S/C20H30O2/c1-19-9-6-15(22)13-14(19)4-5-16-17(19)7-10-20(11-12-21)8-2-3-18(16)20/h2,8,14,16-18,21H,3-7,9-13H2,1H3/t14-,16+,17-,18-,19-,20-/m0/s1. The van der Waals surface area contributed by atoms with Crippen LogP contribution in [0, 0.1) is 34.5 Å². The molecule has 2 nitrogen and oxygen atoms in total. The lowest BCUT2D eigenvalue weighted by Crippen LogP contribution is -2.53. The van der Waals surface area contributed by atoms with Crippen molar-refractivity contribution in [2.75, 3.05) is 6.61 Å². The SMILES string of the molecule is C[C@]12CCC(=O)C[C@@H]1CC[C@H]1[C@@H]3CC=C[C@@]3(CCO)CC[C@@H]12. The Hall–Kier alpha value is -0.630. The van der Waals surface area contributed by atoms with E-state index in [9.17, 15) is 9.90 Å². The molecule has 22 heavy (non-hydrogen) atoms. The summed E-state index contributed by atoms with van der Waals surface area (Å²) in [6, 6.07) is 0. The number of aliphatic hydroxyl groups is 1. The molecule has 0 aromatic carbocycles. The van der Waals surface area contributed by atoms with Gasteiger partial charge in [-0.25, -0.2) is 0 Å². The number of carbonyl (C=O) groups is 1. The molecule has 0 saturated heterocycles. The Morgan fingerprint density at radius 1 is 1.23 bits per heavy atom. The van der Waals surface area contributed by atoms with Gasteiger partial charge in [0, 0.05) is 19.4 Å². The molecule has 4 aliphatic rings. The highest BCUT2D eigenvalue weighted by Gasteiger charge is 2.57. The molecule has 0 spiro atoms. The van der Waals surface area contributed by atoms with E-state index in [2.05, 4.69) is 19.1 Å². The van der Waals surface area contributed by atoms with Gasteiger partial charge in [0.2, 0.25) is 0 Å². The number of ketones is 1. The fourth-order valence-corrected chi connectivity index (χ4v) is 6.96. The van der Waals surface area contributed by atoms with Crippen LogP contribution < -0.4 is 0 Å². The predicted molar refractivity (Wildman–Crippen MR) is 87.3 cm³/mol. The Labute approximate surface area is 134 Å². The topological polar surface area (TPSA) is 37.3 Å². The third kappa shape index (κ3) is 1.99. The van der Waals surface area contributed by atoms with Gasteiger partial charge in [-0.3, -0.25) is 4.79 Å². The third-order valence-corrected chi connectivity index (χ3v) is 8.15. The van der Waals surface area contributed by atoms with Crippen molar-refractivity contribution in [1.29, 1.82) is 0 Å². The van der Waals surface area contributed by atoms with E-state index >= 15 is 0 Å². The second-order valence-corrected chi connectivity index (χ2v) is 8.78. The summed E-state index contributed by atoms with van der Waals surface area (Å²) in [4.78, 5) is 11.9. The maximum Gasteiger partial charge on any atom is 0.133 e. The first-order valence-electron chi connectivity index (χ1n) is 9.39. The largest absolute Gasteiger partial charge is 0.396 e. The van der Waals surface area contributed by atoms with Crippen LogP contribution in [0.25, 0.3) is 0 Å². The molecule has 0 unspecified atom stereocenters. The molecule has 3 fully saturated rings. The molecule has 1 N–H and O–H groups in total. The lowest BCUT2D eigenvalue weighted by Gasteiger charge is -2.60. The zero-order valence-electron chi connectivity index (χ0n) is 13.9. The van der Waals surface area contributed by atoms with Crippen LogP contribution in [0.1, 0.15) is 64.7 Å². The minimum atomic E-state index is 0.295. The van der Waals surface area contributed by atoms with E-state index in [0.29, 0.717) is 29.1 Å². The second kappa shape index (κ2) is 5.19. The number of carbonyl (C=O) groups excluding carboxylic acids is 1. The summed E-state index contributed by atoms with van der Waals surface area (Å²) in [5, 5.41) is 9.55. The molecular formula is C20H30O2. The molecule has 0 heterocycles. The summed E-state index contributed by atoms with van der Waals surface area (Å²) in [5.41, 5.74) is 0.703.